The summed E-state index contributed by atoms with van der Waals surface area (Å²) in [7, 11) is 1.52. The molecule has 3 heteroatoms. The number of carbonyl (C=O) groups excluding carboxylic acids is 1. The van der Waals surface area contributed by atoms with Crippen LogP contribution in [0.4, 0.5) is 0 Å². The molecule has 1 heterocycles. The summed E-state index contributed by atoms with van der Waals surface area (Å²) in [5.41, 5.74) is 1.27. The zero-order valence-corrected chi connectivity index (χ0v) is 15.2. The normalized spacial score (nSPS) is 22.0. The molecule has 1 aliphatic rings. The maximum atomic E-state index is 12.4. The SMILES string of the molecule is COC(=O)C1CCCCCCCCCCCN1Cc1ccccc1. The molecular weight excluding hydrogens is 298 g/mol. The average molecular weight is 331 g/mol. The first-order valence-electron chi connectivity index (χ1n) is 9.67. The fourth-order valence-corrected chi connectivity index (χ4v) is 3.64. The minimum atomic E-state index is -0.101. The van der Waals surface area contributed by atoms with E-state index < -0.39 is 0 Å². The maximum absolute atomic E-state index is 12.4. The Hall–Kier alpha value is -1.35. The number of ether oxygens (including phenoxy) is 1. The highest BCUT2D eigenvalue weighted by atomic mass is 16.5. The third-order valence-corrected chi connectivity index (χ3v) is 5.07. The first-order valence-corrected chi connectivity index (χ1v) is 9.67. The average Bonchev–Trinajstić information content (AvgIpc) is 2.64. The summed E-state index contributed by atoms with van der Waals surface area (Å²) in [5, 5.41) is 0. The molecule has 1 aromatic rings. The van der Waals surface area contributed by atoms with E-state index in [4.69, 9.17) is 4.74 Å². The highest BCUT2D eigenvalue weighted by Crippen LogP contribution is 2.19. The largest absolute Gasteiger partial charge is 0.468 e. The van der Waals surface area contributed by atoms with Crippen molar-refractivity contribution in [1.82, 2.24) is 4.90 Å². The summed E-state index contributed by atoms with van der Waals surface area (Å²) >= 11 is 0. The zero-order chi connectivity index (χ0) is 17.0. The standard InChI is InChI=1S/C21H33NO2/c1-24-21(23)20-16-12-7-5-3-2-4-6-8-13-17-22(20)18-19-14-10-9-11-15-19/h9-11,14-15,20H,2-8,12-13,16-18H2,1H3. The Balaban J connectivity index is 2.07. The minimum Gasteiger partial charge on any atom is -0.468 e. The van der Waals surface area contributed by atoms with Crippen LogP contribution in [0.25, 0.3) is 0 Å². The maximum Gasteiger partial charge on any atom is 0.323 e. The summed E-state index contributed by atoms with van der Waals surface area (Å²) in [6, 6.07) is 10.4. The van der Waals surface area contributed by atoms with Gasteiger partial charge in [0.05, 0.1) is 7.11 Å². The Bertz CT molecular complexity index is 460. The van der Waals surface area contributed by atoms with Gasteiger partial charge in [0.15, 0.2) is 0 Å². The van der Waals surface area contributed by atoms with Crippen molar-refractivity contribution in [2.75, 3.05) is 13.7 Å². The van der Waals surface area contributed by atoms with Crippen LogP contribution < -0.4 is 0 Å². The fourth-order valence-electron chi connectivity index (χ4n) is 3.64. The number of nitrogens with zero attached hydrogens (tertiary/aromatic N) is 1. The first-order chi connectivity index (χ1) is 11.8. The first kappa shape index (κ1) is 19.0. The Labute approximate surface area is 147 Å². The van der Waals surface area contributed by atoms with Crippen molar-refractivity contribution in [1.29, 1.82) is 0 Å². The summed E-state index contributed by atoms with van der Waals surface area (Å²) in [5.74, 6) is -0.0687. The van der Waals surface area contributed by atoms with Crippen LogP contribution in [-0.2, 0) is 16.1 Å². The molecule has 0 amide bonds. The summed E-state index contributed by atoms with van der Waals surface area (Å²) in [6.45, 7) is 1.81. The highest BCUT2D eigenvalue weighted by molar-refractivity contribution is 5.75. The Morgan fingerprint density at radius 2 is 1.54 bits per heavy atom. The third-order valence-electron chi connectivity index (χ3n) is 5.07. The molecule has 0 aliphatic carbocycles. The zero-order valence-electron chi connectivity index (χ0n) is 15.2. The van der Waals surface area contributed by atoms with Gasteiger partial charge in [-0.15, -0.1) is 0 Å². The third kappa shape index (κ3) is 6.64. The van der Waals surface area contributed by atoms with E-state index in [0.29, 0.717) is 0 Å². The molecule has 0 bridgehead atoms. The Morgan fingerprint density at radius 1 is 0.958 bits per heavy atom. The van der Waals surface area contributed by atoms with Gasteiger partial charge in [0.1, 0.15) is 6.04 Å². The van der Waals surface area contributed by atoms with E-state index in [2.05, 4.69) is 29.2 Å². The van der Waals surface area contributed by atoms with Gasteiger partial charge in [-0.3, -0.25) is 9.69 Å². The molecule has 1 unspecified atom stereocenters. The van der Waals surface area contributed by atoms with E-state index >= 15 is 0 Å². The Kier molecular flexibility index (Phi) is 8.90. The number of hydrogen-bond donors (Lipinski definition) is 0. The van der Waals surface area contributed by atoms with E-state index in [1.807, 2.05) is 6.07 Å². The van der Waals surface area contributed by atoms with E-state index in [1.54, 1.807) is 0 Å². The molecule has 134 valence electrons. The second-order valence-electron chi connectivity index (χ2n) is 6.97. The lowest BCUT2D eigenvalue weighted by Crippen LogP contribution is -2.42. The van der Waals surface area contributed by atoms with Gasteiger partial charge in [-0.2, -0.15) is 0 Å². The molecule has 0 aromatic heterocycles. The summed E-state index contributed by atoms with van der Waals surface area (Å²) < 4.78 is 5.13. The molecule has 1 aliphatic heterocycles. The van der Waals surface area contributed by atoms with E-state index in [0.717, 1.165) is 25.9 Å². The van der Waals surface area contributed by atoms with Crippen molar-refractivity contribution in [2.45, 2.75) is 76.8 Å². The lowest BCUT2D eigenvalue weighted by molar-refractivity contribution is -0.147. The van der Waals surface area contributed by atoms with Crippen molar-refractivity contribution < 1.29 is 9.53 Å². The van der Waals surface area contributed by atoms with Crippen LogP contribution in [0, 0.1) is 0 Å². The van der Waals surface area contributed by atoms with Gasteiger partial charge in [-0.05, 0) is 24.9 Å². The lowest BCUT2D eigenvalue weighted by Gasteiger charge is -2.30. The van der Waals surface area contributed by atoms with Crippen LogP contribution in [0.15, 0.2) is 30.3 Å². The van der Waals surface area contributed by atoms with Crippen LogP contribution >= 0.6 is 0 Å². The van der Waals surface area contributed by atoms with E-state index in [-0.39, 0.29) is 12.0 Å². The molecule has 0 radical (unpaired) electrons. The molecule has 1 saturated heterocycles. The lowest BCUT2D eigenvalue weighted by atomic mass is 10.0. The number of hydrogen-bond acceptors (Lipinski definition) is 3. The minimum absolute atomic E-state index is 0.0687. The predicted molar refractivity (Wildman–Crippen MR) is 98.8 cm³/mol. The molecular formula is C21H33NO2. The topological polar surface area (TPSA) is 29.5 Å². The summed E-state index contributed by atoms with van der Waals surface area (Å²) in [4.78, 5) is 14.7. The smallest absolute Gasteiger partial charge is 0.323 e. The van der Waals surface area contributed by atoms with Crippen molar-refractivity contribution in [2.24, 2.45) is 0 Å². The van der Waals surface area contributed by atoms with Crippen molar-refractivity contribution in [3.8, 4) is 0 Å². The quantitative estimate of drug-likeness (QED) is 0.734. The highest BCUT2D eigenvalue weighted by Gasteiger charge is 2.26. The van der Waals surface area contributed by atoms with Gasteiger partial charge in [0.25, 0.3) is 0 Å². The van der Waals surface area contributed by atoms with Gasteiger partial charge in [0.2, 0.25) is 0 Å². The van der Waals surface area contributed by atoms with Crippen LogP contribution in [0.2, 0.25) is 0 Å². The molecule has 1 atom stereocenters. The second-order valence-corrected chi connectivity index (χ2v) is 6.97. The number of benzene rings is 1. The number of methoxy groups -OCH3 is 1. The molecule has 1 aromatic carbocycles. The van der Waals surface area contributed by atoms with Gasteiger partial charge in [0, 0.05) is 6.54 Å². The van der Waals surface area contributed by atoms with Crippen LogP contribution in [-0.4, -0.2) is 30.6 Å². The van der Waals surface area contributed by atoms with Crippen molar-refractivity contribution >= 4 is 5.97 Å². The molecule has 24 heavy (non-hydrogen) atoms. The van der Waals surface area contributed by atoms with E-state index in [1.165, 1.54) is 64.0 Å². The molecule has 3 nitrogen and oxygen atoms in total. The molecule has 0 saturated carbocycles. The predicted octanol–water partition coefficient (Wildman–Crippen LogP) is 4.94. The van der Waals surface area contributed by atoms with Crippen LogP contribution in [0.3, 0.4) is 0 Å². The van der Waals surface area contributed by atoms with Crippen LogP contribution in [0.1, 0.15) is 69.8 Å². The Morgan fingerprint density at radius 3 is 2.17 bits per heavy atom. The monoisotopic (exact) mass is 331 g/mol. The number of esters is 1. The van der Waals surface area contributed by atoms with Gasteiger partial charge in [-0.25, -0.2) is 0 Å². The summed E-state index contributed by atoms with van der Waals surface area (Å²) in [6.07, 6.45) is 12.4. The van der Waals surface area contributed by atoms with Gasteiger partial charge < -0.3 is 4.74 Å². The molecule has 0 N–H and O–H groups in total. The molecule has 2 rings (SSSR count). The van der Waals surface area contributed by atoms with Gasteiger partial charge in [-0.1, -0.05) is 81.7 Å². The number of rotatable bonds is 3. The molecule has 0 spiro atoms. The second kappa shape index (κ2) is 11.2. The van der Waals surface area contributed by atoms with Gasteiger partial charge >= 0.3 is 5.97 Å². The van der Waals surface area contributed by atoms with E-state index in [9.17, 15) is 4.79 Å². The fraction of sp³-hybridized carbons (Fsp3) is 0.667. The van der Waals surface area contributed by atoms with Crippen LogP contribution in [0.5, 0.6) is 0 Å². The number of carbonyl (C=O) groups is 1. The van der Waals surface area contributed by atoms with Crippen molar-refractivity contribution in [3.63, 3.8) is 0 Å². The molecule has 1 fully saturated rings. The van der Waals surface area contributed by atoms with Crippen molar-refractivity contribution in [3.05, 3.63) is 35.9 Å².